The summed E-state index contributed by atoms with van der Waals surface area (Å²) < 4.78 is 25.6. The van der Waals surface area contributed by atoms with Gasteiger partial charge in [-0.25, -0.2) is 8.78 Å². The predicted molar refractivity (Wildman–Crippen MR) is 68.5 cm³/mol. The van der Waals surface area contributed by atoms with Gasteiger partial charge in [0.1, 0.15) is 0 Å². The van der Waals surface area contributed by atoms with Crippen molar-refractivity contribution in [3.05, 3.63) is 35.4 Å². The molecular weight excluding hydrogens is 304 g/mol. The number of benzene rings is 1. The van der Waals surface area contributed by atoms with E-state index in [-0.39, 0.29) is 12.3 Å². The van der Waals surface area contributed by atoms with Gasteiger partial charge in [-0.05, 0) is 36.5 Å². The Bertz CT molecular complexity index is 449. The number of hydrogen-bond donors (Lipinski definition) is 1. The second kappa shape index (κ2) is 5.78. The molecule has 1 saturated carbocycles. The van der Waals surface area contributed by atoms with Crippen LogP contribution in [0.25, 0.3) is 0 Å². The Hall–Kier alpha value is -0.970. The van der Waals surface area contributed by atoms with E-state index in [2.05, 4.69) is 21.2 Å². The molecule has 0 spiro atoms. The van der Waals surface area contributed by atoms with Gasteiger partial charge in [0.15, 0.2) is 11.6 Å². The van der Waals surface area contributed by atoms with Crippen LogP contribution in [0.2, 0.25) is 0 Å². The van der Waals surface area contributed by atoms with Crippen LogP contribution >= 0.6 is 15.9 Å². The highest BCUT2D eigenvalue weighted by Gasteiger charge is 2.29. The summed E-state index contributed by atoms with van der Waals surface area (Å²) in [6.07, 6.45) is 2.48. The lowest BCUT2D eigenvalue weighted by Crippen LogP contribution is -2.31. The molecule has 18 heavy (non-hydrogen) atoms. The topological polar surface area (TPSA) is 29.1 Å². The molecule has 1 N–H and O–H groups in total. The Labute approximate surface area is 113 Å². The third-order valence-electron chi connectivity index (χ3n) is 2.98. The first kappa shape index (κ1) is 13.5. The molecule has 1 fully saturated rings. The average molecular weight is 318 g/mol. The first-order chi connectivity index (χ1) is 8.56. The number of alkyl halides is 1. The van der Waals surface area contributed by atoms with Gasteiger partial charge in [-0.15, -0.1) is 0 Å². The maximum absolute atomic E-state index is 12.9. The molecule has 1 amide bonds. The Morgan fingerprint density at radius 1 is 1.39 bits per heavy atom. The largest absolute Gasteiger partial charge is 0.355 e. The molecule has 1 unspecified atom stereocenters. The fourth-order valence-corrected chi connectivity index (χ4v) is 2.42. The standard InChI is InChI=1S/C13H14BrF2NO/c14-10(9-2-3-9)7-17-13(18)6-8-1-4-11(15)12(16)5-8/h1,4-5,9-10H,2-3,6-7H2,(H,17,18). The normalized spacial score (nSPS) is 16.4. The smallest absolute Gasteiger partial charge is 0.224 e. The predicted octanol–water partition coefficient (Wildman–Crippen LogP) is 2.80. The first-order valence-corrected chi connectivity index (χ1v) is 6.82. The Morgan fingerprint density at radius 3 is 2.72 bits per heavy atom. The highest BCUT2D eigenvalue weighted by atomic mass is 79.9. The summed E-state index contributed by atoms with van der Waals surface area (Å²) >= 11 is 3.52. The van der Waals surface area contributed by atoms with Gasteiger partial charge >= 0.3 is 0 Å². The van der Waals surface area contributed by atoms with E-state index in [1.807, 2.05) is 0 Å². The summed E-state index contributed by atoms with van der Waals surface area (Å²) in [4.78, 5) is 11.9. The molecule has 1 aromatic rings. The number of hydrogen-bond acceptors (Lipinski definition) is 1. The van der Waals surface area contributed by atoms with Crippen LogP contribution in [0.1, 0.15) is 18.4 Å². The van der Waals surface area contributed by atoms with Crippen LogP contribution < -0.4 is 5.32 Å². The molecule has 1 aromatic carbocycles. The monoisotopic (exact) mass is 317 g/mol. The van der Waals surface area contributed by atoms with Crippen LogP contribution in [0.4, 0.5) is 8.78 Å². The lowest BCUT2D eigenvalue weighted by molar-refractivity contribution is -0.120. The average Bonchev–Trinajstić information content (AvgIpc) is 3.15. The zero-order chi connectivity index (χ0) is 13.1. The molecule has 98 valence electrons. The molecule has 0 aliphatic heterocycles. The van der Waals surface area contributed by atoms with Gasteiger partial charge in [-0.1, -0.05) is 22.0 Å². The molecule has 0 radical (unpaired) electrons. The van der Waals surface area contributed by atoms with Gasteiger partial charge in [0.05, 0.1) is 6.42 Å². The van der Waals surface area contributed by atoms with E-state index < -0.39 is 11.6 Å². The van der Waals surface area contributed by atoms with E-state index in [0.717, 1.165) is 12.1 Å². The summed E-state index contributed by atoms with van der Waals surface area (Å²) in [7, 11) is 0. The lowest BCUT2D eigenvalue weighted by atomic mass is 10.1. The van der Waals surface area contributed by atoms with Gasteiger partial charge in [-0.3, -0.25) is 4.79 Å². The lowest BCUT2D eigenvalue weighted by Gasteiger charge is -2.10. The van der Waals surface area contributed by atoms with E-state index in [9.17, 15) is 13.6 Å². The Morgan fingerprint density at radius 2 is 2.11 bits per heavy atom. The van der Waals surface area contributed by atoms with Crippen LogP contribution in [0.3, 0.4) is 0 Å². The molecule has 1 atom stereocenters. The SMILES string of the molecule is O=C(Cc1ccc(F)c(F)c1)NCC(Br)C1CC1. The number of carbonyl (C=O) groups is 1. The first-order valence-electron chi connectivity index (χ1n) is 5.91. The van der Waals surface area contributed by atoms with Crippen molar-refractivity contribution < 1.29 is 13.6 Å². The Kier molecular flexibility index (Phi) is 4.32. The number of rotatable bonds is 5. The van der Waals surface area contributed by atoms with Crippen molar-refractivity contribution in [1.82, 2.24) is 5.32 Å². The second-order valence-corrected chi connectivity index (χ2v) is 5.76. The molecule has 1 aliphatic carbocycles. The maximum Gasteiger partial charge on any atom is 0.224 e. The Balaban J connectivity index is 1.80. The van der Waals surface area contributed by atoms with Crippen LogP contribution in [-0.4, -0.2) is 17.3 Å². The van der Waals surface area contributed by atoms with E-state index in [1.54, 1.807) is 0 Å². The number of halogens is 3. The second-order valence-electron chi connectivity index (χ2n) is 4.58. The highest BCUT2D eigenvalue weighted by Crippen LogP contribution is 2.36. The van der Waals surface area contributed by atoms with Gasteiger partial charge < -0.3 is 5.32 Å². The summed E-state index contributed by atoms with van der Waals surface area (Å²) in [5.41, 5.74) is 0.476. The molecule has 2 rings (SSSR count). The minimum absolute atomic E-state index is 0.0710. The van der Waals surface area contributed by atoms with Gasteiger partial charge in [0.2, 0.25) is 5.91 Å². The zero-order valence-electron chi connectivity index (χ0n) is 9.76. The van der Waals surface area contributed by atoms with Gasteiger partial charge in [0.25, 0.3) is 0 Å². The number of amides is 1. The molecule has 1 aliphatic rings. The molecule has 5 heteroatoms. The highest BCUT2D eigenvalue weighted by molar-refractivity contribution is 9.09. The fraction of sp³-hybridized carbons (Fsp3) is 0.462. The van der Waals surface area contributed by atoms with Crippen LogP contribution in [0, 0.1) is 17.6 Å². The third kappa shape index (κ3) is 3.77. The van der Waals surface area contributed by atoms with Crippen molar-refractivity contribution in [2.45, 2.75) is 24.1 Å². The molecule has 0 bridgehead atoms. The summed E-state index contributed by atoms with van der Waals surface area (Å²) in [6, 6.07) is 3.52. The van der Waals surface area contributed by atoms with Crippen molar-refractivity contribution in [3.8, 4) is 0 Å². The van der Waals surface area contributed by atoms with Crippen LogP contribution in [0.5, 0.6) is 0 Å². The minimum Gasteiger partial charge on any atom is -0.355 e. The molecule has 0 heterocycles. The van der Waals surface area contributed by atoms with Crippen LogP contribution in [-0.2, 0) is 11.2 Å². The summed E-state index contributed by atoms with van der Waals surface area (Å²) in [5.74, 6) is -1.33. The zero-order valence-corrected chi connectivity index (χ0v) is 11.3. The quantitative estimate of drug-likeness (QED) is 0.831. The number of carbonyl (C=O) groups excluding carboxylic acids is 1. The van der Waals surface area contributed by atoms with Crippen molar-refractivity contribution in [2.75, 3.05) is 6.54 Å². The minimum atomic E-state index is -0.920. The van der Waals surface area contributed by atoms with Crippen molar-refractivity contribution in [2.24, 2.45) is 5.92 Å². The molecule has 0 saturated heterocycles. The third-order valence-corrected chi connectivity index (χ3v) is 4.05. The van der Waals surface area contributed by atoms with Gasteiger partial charge in [0, 0.05) is 11.4 Å². The maximum atomic E-state index is 12.9. The molecule has 0 aromatic heterocycles. The van der Waals surface area contributed by atoms with Crippen molar-refractivity contribution in [3.63, 3.8) is 0 Å². The summed E-state index contributed by atoms with van der Waals surface area (Å²) in [5, 5.41) is 2.78. The van der Waals surface area contributed by atoms with Crippen molar-refractivity contribution in [1.29, 1.82) is 0 Å². The van der Waals surface area contributed by atoms with Crippen LogP contribution in [0.15, 0.2) is 18.2 Å². The number of nitrogens with one attached hydrogen (secondary N) is 1. The van der Waals surface area contributed by atoms with Gasteiger partial charge in [-0.2, -0.15) is 0 Å². The van der Waals surface area contributed by atoms with E-state index in [0.29, 0.717) is 22.9 Å². The molecular formula is C13H14BrF2NO. The molecule has 2 nitrogen and oxygen atoms in total. The fourth-order valence-electron chi connectivity index (χ4n) is 1.73. The van der Waals surface area contributed by atoms with E-state index in [4.69, 9.17) is 0 Å². The van der Waals surface area contributed by atoms with Crippen molar-refractivity contribution >= 4 is 21.8 Å². The van der Waals surface area contributed by atoms with E-state index >= 15 is 0 Å². The van der Waals surface area contributed by atoms with E-state index in [1.165, 1.54) is 18.9 Å². The summed E-state index contributed by atoms with van der Waals surface area (Å²) in [6.45, 7) is 0.577.